The molecule has 1 rings (SSSR count). The van der Waals surface area contributed by atoms with Crippen molar-refractivity contribution in [2.75, 3.05) is 0 Å². The van der Waals surface area contributed by atoms with E-state index in [1.54, 1.807) is 12.4 Å². The maximum Gasteiger partial charge on any atom is 0.238 e. The molecule has 1 N–H and O–H groups in total. The van der Waals surface area contributed by atoms with Gasteiger partial charge in [0.1, 0.15) is 5.92 Å². The van der Waals surface area contributed by atoms with Gasteiger partial charge >= 0.3 is 0 Å². The number of aromatic nitrogens is 1. The first kappa shape index (κ1) is 13.2. The van der Waals surface area contributed by atoms with Crippen LogP contribution in [0.25, 0.3) is 0 Å². The van der Waals surface area contributed by atoms with Gasteiger partial charge in [0.25, 0.3) is 0 Å². The molecule has 0 saturated carbocycles. The van der Waals surface area contributed by atoms with Crippen LogP contribution in [0.4, 0.5) is 0 Å². The van der Waals surface area contributed by atoms with Gasteiger partial charge in [-0.15, -0.1) is 0 Å². The number of rotatable bonds is 4. The molecule has 0 saturated heterocycles. The van der Waals surface area contributed by atoms with Crippen molar-refractivity contribution in [1.82, 2.24) is 10.3 Å². The predicted molar refractivity (Wildman–Crippen MR) is 64.7 cm³/mol. The average Bonchev–Trinajstić information content (AvgIpc) is 2.30. The van der Waals surface area contributed by atoms with Gasteiger partial charge in [-0.25, -0.2) is 0 Å². The summed E-state index contributed by atoms with van der Waals surface area (Å²) in [6.07, 6.45) is 3.37. The average molecular weight is 231 g/mol. The first-order valence-corrected chi connectivity index (χ1v) is 5.66. The standard InChI is InChI=1S/C13H17N3O/c1-9(2)12(8-14)13(17)16-10(3)11-4-6-15-7-5-11/h4-7,9-10,12H,1-3H3,(H,16,17). The number of carbonyl (C=O) groups is 1. The van der Waals surface area contributed by atoms with Crippen LogP contribution in [0.15, 0.2) is 24.5 Å². The number of hydrogen-bond acceptors (Lipinski definition) is 3. The van der Waals surface area contributed by atoms with E-state index in [0.29, 0.717) is 0 Å². The van der Waals surface area contributed by atoms with Crippen molar-refractivity contribution >= 4 is 5.91 Å². The largest absolute Gasteiger partial charge is 0.348 e. The van der Waals surface area contributed by atoms with Crippen LogP contribution in [0.3, 0.4) is 0 Å². The zero-order valence-electron chi connectivity index (χ0n) is 10.3. The molecule has 0 aliphatic heterocycles. The number of hydrogen-bond donors (Lipinski definition) is 1. The Morgan fingerprint density at radius 2 is 1.94 bits per heavy atom. The third-order valence-corrected chi connectivity index (χ3v) is 2.65. The second-order valence-corrected chi connectivity index (χ2v) is 4.36. The number of carbonyl (C=O) groups excluding carboxylic acids is 1. The molecule has 0 bridgehead atoms. The SMILES string of the molecule is CC(NC(=O)C(C#N)C(C)C)c1ccncc1. The molecule has 0 fully saturated rings. The molecule has 4 heteroatoms. The minimum atomic E-state index is -0.598. The van der Waals surface area contributed by atoms with E-state index >= 15 is 0 Å². The molecule has 1 aromatic rings. The lowest BCUT2D eigenvalue weighted by Gasteiger charge is -2.18. The highest BCUT2D eigenvalue weighted by Crippen LogP contribution is 2.14. The number of amides is 1. The second-order valence-electron chi connectivity index (χ2n) is 4.36. The smallest absolute Gasteiger partial charge is 0.238 e. The highest BCUT2D eigenvalue weighted by molar-refractivity contribution is 5.81. The summed E-state index contributed by atoms with van der Waals surface area (Å²) >= 11 is 0. The van der Waals surface area contributed by atoms with Gasteiger partial charge in [-0.1, -0.05) is 13.8 Å². The maximum absolute atomic E-state index is 11.9. The molecule has 2 atom stereocenters. The van der Waals surface area contributed by atoms with Crippen molar-refractivity contribution in [2.45, 2.75) is 26.8 Å². The van der Waals surface area contributed by atoms with E-state index in [-0.39, 0.29) is 17.9 Å². The molecule has 1 aromatic heterocycles. The van der Waals surface area contributed by atoms with Crippen LogP contribution in [0.2, 0.25) is 0 Å². The zero-order chi connectivity index (χ0) is 12.8. The summed E-state index contributed by atoms with van der Waals surface area (Å²) in [5.41, 5.74) is 0.980. The molecule has 0 radical (unpaired) electrons. The number of nitrogens with one attached hydrogen (secondary N) is 1. The molecule has 4 nitrogen and oxygen atoms in total. The summed E-state index contributed by atoms with van der Waals surface area (Å²) in [5.74, 6) is -0.796. The molecule has 0 aliphatic carbocycles. The van der Waals surface area contributed by atoms with Gasteiger partial charge in [0.05, 0.1) is 12.1 Å². The Labute approximate surface area is 102 Å². The van der Waals surface area contributed by atoms with Crippen molar-refractivity contribution in [1.29, 1.82) is 5.26 Å². The summed E-state index contributed by atoms with van der Waals surface area (Å²) < 4.78 is 0. The first-order chi connectivity index (χ1) is 8.06. The molecule has 0 aliphatic rings. The fraction of sp³-hybridized carbons (Fsp3) is 0.462. The fourth-order valence-corrected chi connectivity index (χ4v) is 1.55. The molecule has 0 aromatic carbocycles. The lowest BCUT2D eigenvalue weighted by atomic mass is 9.96. The third kappa shape index (κ3) is 3.56. The van der Waals surface area contributed by atoms with E-state index < -0.39 is 5.92 Å². The molecule has 1 heterocycles. The van der Waals surface area contributed by atoms with E-state index in [1.807, 2.05) is 39.0 Å². The van der Waals surface area contributed by atoms with Crippen LogP contribution < -0.4 is 5.32 Å². The van der Waals surface area contributed by atoms with Crippen LogP contribution in [-0.4, -0.2) is 10.9 Å². The number of pyridine rings is 1. The normalized spacial score (nSPS) is 13.8. The van der Waals surface area contributed by atoms with Gasteiger partial charge in [0, 0.05) is 12.4 Å². The Hall–Kier alpha value is -1.89. The van der Waals surface area contributed by atoms with E-state index in [4.69, 9.17) is 5.26 Å². The van der Waals surface area contributed by atoms with Gasteiger partial charge < -0.3 is 5.32 Å². The third-order valence-electron chi connectivity index (χ3n) is 2.65. The molecular formula is C13H17N3O. The summed E-state index contributed by atoms with van der Waals surface area (Å²) in [6, 6.07) is 5.62. The van der Waals surface area contributed by atoms with E-state index in [2.05, 4.69) is 10.3 Å². The van der Waals surface area contributed by atoms with Crippen molar-refractivity contribution in [3.05, 3.63) is 30.1 Å². The summed E-state index contributed by atoms with van der Waals surface area (Å²) in [4.78, 5) is 15.8. The molecule has 17 heavy (non-hydrogen) atoms. The van der Waals surface area contributed by atoms with Crippen LogP contribution >= 0.6 is 0 Å². The molecule has 0 spiro atoms. The molecular weight excluding hydrogens is 214 g/mol. The van der Waals surface area contributed by atoms with E-state index in [0.717, 1.165) is 5.56 Å². The van der Waals surface area contributed by atoms with Crippen LogP contribution in [-0.2, 0) is 4.79 Å². The number of nitriles is 1. The van der Waals surface area contributed by atoms with E-state index in [9.17, 15) is 4.79 Å². The quantitative estimate of drug-likeness (QED) is 0.862. The Morgan fingerprint density at radius 1 is 1.35 bits per heavy atom. The minimum Gasteiger partial charge on any atom is -0.348 e. The highest BCUT2D eigenvalue weighted by Gasteiger charge is 2.23. The van der Waals surface area contributed by atoms with Crippen LogP contribution in [0.5, 0.6) is 0 Å². The van der Waals surface area contributed by atoms with Crippen molar-refractivity contribution in [2.24, 2.45) is 11.8 Å². The summed E-state index contributed by atoms with van der Waals surface area (Å²) in [7, 11) is 0. The van der Waals surface area contributed by atoms with Gasteiger partial charge in [0.2, 0.25) is 5.91 Å². The lowest BCUT2D eigenvalue weighted by molar-refractivity contribution is -0.125. The Balaban J connectivity index is 2.67. The predicted octanol–water partition coefficient (Wildman–Crippen LogP) is 2.05. The van der Waals surface area contributed by atoms with Gasteiger partial charge in [-0.05, 0) is 30.5 Å². The fourth-order valence-electron chi connectivity index (χ4n) is 1.55. The van der Waals surface area contributed by atoms with Crippen molar-refractivity contribution < 1.29 is 4.79 Å². The minimum absolute atomic E-state index is 0.0182. The molecule has 1 amide bonds. The van der Waals surface area contributed by atoms with Gasteiger partial charge in [-0.2, -0.15) is 5.26 Å². The maximum atomic E-state index is 11.9. The molecule has 90 valence electrons. The van der Waals surface area contributed by atoms with E-state index in [1.165, 1.54) is 0 Å². The topological polar surface area (TPSA) is 65.8 Å². The number of nitrogens with zero attached hydrogens (tertiary/aromatic N) is 2. The Bertz CT molecular complexity index is 408. The Morgan fingerprint density at radius 3 is 2.41 bits per heavy atom. The zero-order valence-corrected chi connectivity index (χ0v) is 10.3. The first-order valence-electron chi connectivity index (χ1n) is 5.66. The Kier molecular flexibility index (Phi) is 4.65. The van der Waals surface area contributed by atoms with Crippen molar-refractivity contribution in [3.8, 4) is 6.07 Å². The van der Waals surface area contributed by atoms with Gasteiger partial charge in [-0.3, -0.25) is 9.78 Å². The van der Waals surface area contributed by atoms with Crippen LogP contribution in [0, 0.1) is 23.2 Å². The lowest BCUT2D eigenvalue weighted by Crippen LogP contribution is -2.34. The van der Waals surface area contributed by atoms with Crippen molar-refractivity contribution in [3.63, 3.8) is 0 Å². The van der Waals surface area contributed by atoms with Crippen LogP contribution in [0.1, 0.15) is 32.4 Å². The second kappa shape index (κ2) is 6.00. The highest BCUT2D eigenvalue weighted by atomic mass is 16.1. The molecule has 2 unspecified atom stereocenters. The summed E-state index contributed by atoms with van der Waals surface area (Å²) in [6.45, 7) is 5.62. The summed E-state index contributed by atoms with van der Waals surface area (Å²) in [5, 5.41) is 11.8. The monoisotopic (exact) mass is 231 g/mol. The van der Waals surface area contributed by atoms with Gasteiger partial charge in [0.15, 0.2) is 0 Å².